The number of ether oxygens (including phenoxy) is 1. The first-order chi connectivity index (χ1) is 14.5. The molecule has 4 rings (SSSR count). The Morgan fingerprint density at radius 1 is 1.20 bits per heavy atom. The number of carbonyl (C=O) groups excluding carboxylic acids is 1. The van der Waals surface area contributed by atoms with Gasteiger partial charge in [-0.1, -0.05) is 0 Å². The number of hydrogen-bond donors (Lipinski definition) is 0. The van der Waals surface area contributed by atoms with E-state index in [1.807, 2.05) is 15.9 Å². The Balaban J connectivity index is 1.80. The van der Waals surface area contributed by atoms with Crippen LogP contribution < -0.4 is 0 Å². The summed E-state index contributed by atoms with van der Waals surface area (Å²) in [6.07, 6.45) is 8.60. The minimum absolute atomic E-state index is 0.0597. The Bertz CT molecular complexity index is 838. The van der Waals surface area contributed by atoms with Crippen LogP contribution in [0.2, 0.25) is 0 Å². The number of rotatable bonds is 4. The number of dihydropyridines is 1. The number of morpholine rings is 1. The molecule has 160 valence electrons. The van der Waals surface area contributed by atoms with Gasteiger partial charge in [0, 0.05) is 32.4 Å². The maximum absolute atomic E-state index is 13.5. The number of amides is 1. The number of fused-ring (bicyclic) bond motifs is 1. The molecule has 0 bridgehead atoms. The van der Waals surface area contributed by atoms with Gasteiger partial charge >= 0.3 is 0 Å². The quantitative estimate of drug-likeness (QED) is 0.519. The lowest BCUT2D eigenvalue weighted by molar-refractivity contribution is -0.127. The molecule has 0 saturated carbocycles. The summed E-state index contributed by atoms with van der Waals surface area (Å²) in [4.78, 5) is 28.5. The van der Waals surface area contributed by atoms with Gasteiger partial charge in [0.15, 0.2) is 0 Å². The molecule has 8 nitrogen and oxygen atoms in total. The van der Waals surface area contributed by atoms with Crippen molar-refractivity contribution in [3.63, 3.8) is 0 Å². The maximum atomic E-state index is 13.5. The average Bonchev–Trinajstić information content (AvgIpc) is 3.21. The predicted octanol–water partition coefficient (Wildman–Crippen LogP) is 1.57. The second-order valence-electron chi connectivity index (χ2n) is 8.60. The number of nitrogens with zero attached hydrogens (tertiary/aromatic N) is 6. The van der Waals surface area contributed by atoms with Gasteiger partial charge in [0.05, 0.1) is 43.0 Å². The summed E-state index contributed by atoms with van der Waals surface area (Å²) in [6, 6.07) is 2.22. The number of allylic oxidation sites excluding steroid dienone is 1. The van der Waals surface area contributed by atoms with Crippen molar-refractivity contribution in [1.82, 2.24) is 14.7 Å². The van der Waals surface area contributed by atoms with Gasteiger partial charge in [-0.3, -0.25) is 19.7 Å². The van der Waals surface area contributed by atoms with Crippen molar-refractivity contribution in [3.8, 4) is 6.07 Å². The fourth-order valence-corrected chi connectivity index (χ4v) is 4.71. The number of likely N-dealkylation sites (tertiary alicyclic amines) is 1. The summed E-state index contributed by atoms with van der Waals surface area (Å²) < 4.78 is 5.55. The third-order valence-electron chi connectivity index (χ3n) is 6.44. The lowest BCUT2D eigenvalue weighted by Crippen LogP contribution is -2.54. The van der Waals surface area contributed by atoms with Crippen molar-refractivity contribution in [2.24, 2.45) is 9.98 Å². The van der Waals surface area contributed by atoms with Crippen LogP contribution in [0.25, 0.3) is 0 Å². The maximum Gasteiger partial charge on any atom is 0.266 e. The molecule has 0 aromatic carbocycles. The molecule has 4 heterocycles. The summed E-state index contributed by atoms with van der Waals surface area (Å²) >= 11 is 0. The largest absolute Gasteiger partial charge is 0.379 e. The Kier molecular flexibility index (Phi) is 6.02. The van der Waals surface area contributed by atoms with Crippen LogP contribution in [-0.4, -0.2) is 90.7 Å². The van der Waals surface area contributed by atoms with Crippen LogP contribution in [0, 0.1) is 11.3 Å². The van der Waals surface area contributed by atoms with Gasteiger partial charge in [-0.2, -0.15) is 5.26 Å². The summed E-state index contributed by atoms with van der Waals surface area (Å²) in [5.74, 6) is -0.171. The minimum Gasteiger partial charge on any atom is -0.379 e. The van der Waals surface area contributed by atoms with E-state index in [1.165, 1.54) is 0 Å². The van der Waals surface area contributed by atoms with Gasteiger partial charge < -0.3 is 14.5 Å². The van der Waals surface area contributed by atoms with Crippen LogP contribution in [0.3, 0.4) is 0 Å². The van der Waals surface area contributed by atoms with Crippen LogP contribution in [0.4, 0.5) is 0 Å². The van der Waals surface area contributed by atoms with E-state index in [0.29, 0.717) is 38.5 Å². The van der Waals surface area contributed by atoms with Gasteiger partial charge in [-0.05, 0) is 39.2 Å². The molecule has 0 N–H and O–H groups in total. The number of piperidine rings is 1. The van der Waals surface area contributed by atoms with Crippen LogP contribution >= 0.6 is 0 Å². The number of carbonyl (C=O) groups is 1. The molecule has 2 saturated heterocycles. The van der Waals surface area contributed by atoms with E-state index >= 15 is 0 Å². The topological polar surface area (TPSA) is 84.5 Å². The van der Waals surface area contributed by atoms with Crippen molar-refractivity contribution in [2.45, 2.75) is 44.7 Å². The van der Waals surface area contributed by atoms with Gasteiger partial charge in [0.25, 0.3) is 5.91 Å². The van der Waals surface area contributed by atoms with Gasteiger partial charge in [0.1, 0.15) is 17.7 Å². The SMILES string of the molecule is CC(C)(C(=C(C#N)C(=O)N1CCCCC1)N1C=NC2CN=CC=C21)N1CCOCC1. The van der Waals surface area contributed by atoms with E-state index in [0.717, 1.165) is 38.0 Å². The molecule has 0 spiro atoms. The molecule has 0 aromatic heterocycles. The normalized spacial score (nSPS) is 25.5. The second-order valence-corrected chi connectivity index (χ2v) is 8.60. The lowest BCUT2D eigenvalue weighted by atomic mass is 9.90. The highest BCUT2D eigenvalue weighted by Gasteiger charge is 2.42. The highest BCUT2D eigenvalue weighted by molar-refractivity contribution is 5.99. The summed E-state index contributed by atoms with van der Waals surface area (Å²) in [5, 5.41) is 10.2. The fourth-order valence-electron chi connectivity index (χ4n) is 4.71. The van der Waals surface area contributed by atoms with E-state index < -0.39 is 5.54 Å². The van der Waals surface area contributed by atoms with Crippen LogP contribution in [0.1, 0.15) is 33.1 Å². The predicted molar refractivity (Wildman–Crippen MR) is 115 cm³/mol. The second kappa shape index (κ2) is 8.70. The van der Waals surface area contributed by atoms with Gasteiger partial charge in [0.2, 0.25) is 0 Å². The van der Waals surface area contributed by atoms with Crippen molar-refractivity contribution >= 4 is 18.5 Å². The summed E-state index contributed by atoms with van der Waals surface area (Å²) in [7, 11) is 0. The van der Waals surface area contributed by atoms with Crippen LogP contribution in [0.5, 0.6) is 0 Å². The number of aliphatic imine (C=N–C) groups is 2. The average molecular weight is 411 g/mol. The van der Waals surface area contributed by atoms with E-state index in [4.69, 9.17) is 4.74 Å². The van der Waals surface area contributed by atoms with E-state index in [-0.39, 0.29) is 17.5 Å². The molecular formula is C22H30N6O2. The Morgan fingerprint density at radius 3 is 2.63 bits per heavy atom. The summed E-state index contributed by atoms with van der Waals surface area (Å²) in [6.45, 7) is 8.98. The molecule has 30 heavy (non-hydrogen) atoms. The molecule has 0 aromatic rings. The van der Waals surface area contributed by atoms with Crippen LogP contribution in [-0.2, 0) is 9.53 Å². The van der Waals surface area contributed by atoms with Crippen molar-refractivity contribution in [1.29, 1.82) is 5.26 Å². The molecule has 0 radical (unpaired) electrons. The van der Waals surface area contributed by atoms with E-state index in [2.05, 4.69) is 34.8 Å². The Morgan fingerprint density at radius 2 is 1.93 bits per heavy atom. The molecule has 1 unspecified atom stereocenters. The van der Waals surface area contributed by atoms with E-state index in [9.17, 15) is 10.1 Å². The molecule has 0 aliphatic carbocycles. The van der Waals surface area contributed by atoms with Crippen molar-refractivity contribution < 1.29 is 9.53 Å². The monoisotopic (exact) mass is 410 g/mol. The first-order valence-corrected chi connectivity index (χ1v) is 10.8. The number of nitriles is 1. The summed E-state index contributed by atoms with van der Waals surface area (Å²) in [5.41, 5.74) is 1.34. The van der Waals surface area contributed by atoms with Crippen LogP contribution in [0.15, 0.2) is 33.0 Å². The third-order valence-corrected chi connectivity index (χ3v) is 6.44. The molecule has 2 fully saturated rings. The van der Waals surface area contributed by atoms with Gasteiger partial charge in [-0.15, -0.1) is 0 Å². The zero-order chi connectivity index (χ0) is 21.1. The Hall–Kier alpha value is -2.50. The number of hydrogen-bond acceptors (Lipinski definition) is 7. The fraction of sp³-hybridized carbons (Fsp3) is 0.636. The van der Waals surface area contributed by atoms with Gasteiger partial charge in [-0.25, -0.2) is 0 Å². The smallest absolute Gasteiger partial charge is 0.266 e. The molecule has 1 atom stereocenters. The van der Waals surface area contributed by atoms with Crippen molar-refractivity contribution in [2.75, 3.05) is 45.9 Å². The molecular weight excluding hydrogens is 380 g/mol. The zero-order valence-corrected chi connectivity index (χ0v) is 17.9. The zero-order valence-electron chi connectivity index (χ0n) is 17.9. The standard InChI is InChI=1S/C22H30N6O2/c1-22(2,27-10-12-30-13-11-27)20(28-16-25-18-15-24-7-6-19(18)28)17(14-23)21(29)26-8-4-3-5-9-26/h6-7,16,18H,3-5,8-13,15H2,1-2H3. The Labute approximate surface area is 178 Å². The first-order valence-electron chi connectivity index (χ1n) is 10.8. The molecule has 4 aliphatic heterocycles. The molecule has 1 amide bonds. The first kappa shape index (κ1) is 20.8. The highest BCUT2D eigenvalue weighted by atomic mass is 16.5. The lowest BCUT2D eigenvalue weighted by Gasteiger charge is -2.45. The minimum atomic E-state index is -0.545. The third kappa shape index (κ3) is 3.80. The highest BCUT2D eigenvalue weighted by Crippen LogP contribution is 2.36. The van der Waals surface area contributed by atoms with Crippen molar-refractivity contribution in [3.05, 3.63) is 23.0 Å². The van der Waals surface area contributed by atoms with E-state index in [1.54, 1.807) is 12.6 Å². The molecule has 8 heteroatoms. The molecule has 4 aliphatic rings.